The Balaban J connectivity index is 1.85. The monoisotopic (exact) mass is 310 g/mol. The summed E-state index contributed by atoms with van der Waals surface area (Å²) in [4.78, 5) is 11.3. The molecular formula is C13H19BrN4. The Kier molecular flexibility index (Phi) is 3.41. The topological polar surface area (TPSA) is 41.1 Å². The van der Waals surface area contributed by atoms with Crippen LogP contribution in [0.15, 0.2) is 10.7 Å². The largest absolute Gasteiger partial charge is 0.357 e. The maximum atomic E-state index is 4.60. The highest BCUT2D eigenvalue weighted by molar-refractivity contribution is 9.10. The van der Waals surface area contributed by atoms with Crippen LogP contribution in [0.25, 0.3) is 0 Å². The van der Waals surface area contributed by atoms with E-state index in [1.165, 1.54) is 25.7 Å². The van der Waals surface area contributed by atoms with Gasteiger partial charge in [-0.15, -0.1) is 0 Å². The Hall–Kier alpha value is -0.840. The number of hydrogen-bond acceptors (Lipinski definition) is 4. The van der Waals surface area contributed by atoms with E-state index in [1.54, 1.807) is 0 Å². The van der Waals surface area contributed by atoms with Crippen LogP contribution >= 0.6 is 15.9 Å². The molecule has 1 aromatic heterocycles. The summed E-state index contributed by atoms with van der Waals surface area (Å²) < 4.78 is 1.00. The third-order valence-corrected chi connectivity index (χ3v) is 4.66. The second-order valence-corrected chi connectivity index (χ2v) is 6.27. The Labute approximate surface area is 116 Å². The molecule has 1 saturated heterocycles. The van der Waals surface area contributed by atoms with Crippen molar-refractivity contribution < 1.29 is 0 Å². The van der Waals surface area contributed by atoms with Crippen LogP contribution in [0.4, 0.5) is 11.8 Å². The van der Waals surface area contributed by atoms with E-state index in [-0.39, 0.29) is 0 Å². The van der Waals surface area contributed by atoms with Crippen molar-refractivity contribution in [2.24, 2.45) is 11.8 Å². The zero-order valence-electron chi connectivity index (χ0n) is 10.7. The molecule has 1 aromatic rings. The molecule has 0 spiro atoms. The van der Waals surface area contributed by atoms with Gasteiger partial charge in [0.1, 0.15) is 5.82 Å². The standard InChI is InChI=1S/C13H19BrN4/c1-15-13-16-6-11(14)12(17-13)18-7-9-3-2-4-10(5-9)8-18/h6,9-10H,2-5,7-8H2,1H3,(H,15,16,17). The van der Waals surface area contributed by atoms with Crippen LogP contribution in [-0.2, 0) is 0 Å². The molecule has 98 valence electrons. The van der Waals surface area contributed by atoms with Crippen LogP contribution < -0.4 is 10.2 Å². The summed E-state index contributed by atoms with van der Waals surface area (Å²) in [5.74, 6) is 3.46. The molecule has 2 aliphatic rings. The molecule has 0 amide bonds. The summed E-state index contributed by atoms with van der Waals surface area (Å²) >= 11 is 3.58. The smallest absolute Gasteiger partial charge is 0.224 e. The highest BCUT2D eigenvalue weighted by atomic mass is 79.9. The fourth-order valence-electron chi connectivity index (χ4n) is 3.31. The Bertz CT molecular complexity index is 425. The summed E-state index contributed by atoms with van der Waals surface area (Å²) in [7, 11) is 1.86. The minimum Gasteiger partial charge on any atom is -0.357 e. The van der Waals surface area contributed by atoms with Crippen molar-refractivity contribution >= 4 is 27.7 Å². The number of piperidine rings is 1. The number of fused-ring (bicyclic) bond motifs is 2. The van der Waals surface area contributed by atoms with Gasteiger partial charge in [-0.25, -0.2) is 4.98 Å². The van der Waals surface area contributed by atoms with Gasteiger partial charge in [-0.2, -0.15) is 4.98 Å². The first-order valence-corrected chi connectivity index (χ1v) is 7.51. The first kappa shape index (κ1) is 12.2. The first-order valence-electron chi connectivity index (χ1n) is 6.71. The molecule has 2 fully saturated rings. The molecule has 2 atom stereocenters. The summed E-state index contributed by atoms with van der Waals surface area (Å²) in [5.41, 5.74) is 0. The SMILES string of the molecule is CNc1ncc(Br)c(N2CC3CCCC(C3)C2)n1. The molecule has 18 heavy (non-hydrogen) atoms. The van der Waals surface area contributed by atoms with E-state index in [2.05, 4.69) is 36.1 Å². The molecule has 0 radical (unpaired) electrons. The average molecular weight is 311 g/mol. The van der Waals surface area contributed by atoms with Gasteiger partial charge in [-0.05, 0) is 47.0 Å². The molecule has 5 heteroatoms. The molecule has 2 heterocycles. The van der Waals surface area contributed by atoms with Gasteiger partial charge in [0.05, 0.1) is 4.47 Å². The number of anilines is 2. The number of rotatable bonds is 2. The van der Waals surface area contributed by atoms with E-state index in [0.717, 1.165) is 35.2 Å². The van der Waals surface area contributed by atoms with Crippen molar-refractivity contribution in [1.82, 2.24) is 9.97 Å². The molecule has 1 aliphatic heterocycles. The highest BCUT2D eigenvalue weighted by Crippen LogP contribution is 2.37. The van der Waals surface area contributed by atoms with E-state index < -0.39 is 0 Å². The Morgan fingerprint density at radius 3 is 2.72 bits per heavy atom. The average Bonchev–Trinajstić information content (AvgIpc) is 2.39. The maximum absolute atomic E-state index is 4.60. The molecule has 2 bridgehead atoms. The third-order valence-electron chi connectivity index (χ3n) is 4.10. The molecule has 1 N–H and O–H groups in total. The molecule has 2 unspecified atom stereocenters. The van der Waals surface area contributed by atoms with E-state index >= 15 is 0 Å². The predicted molar refractivity (Wildman–Crippen MR) is 76.9 cm³/mol. The van der Waals surface area contributed by atoms with Gasteiger partial charge in [-0.1, -0.05) is 6.42 Å². The third kappa shape index (κ3) is 2.32. The Morgan fingerprint density at radius 1 is 1.33 bits per heavy atom. The van der Waals surface area contributed by atoms with Crippen molar-refractivity contribution in [2.45, 2.75) is 25.7 Å². The number of nitrogens with one attached hydrogen (secondary N) is 1. The van der Waals surface area contributed by atoms with Crippen LogP contribution in [0, 0.1) is 11.8 Å². The quantitative estimate of drug-likeness (QED) is 0.912. The van der Waals surface area contributed by atoms with Crippen LogP contribution in [0.2, 0.25) is 0 Å². The fraction of sp³-hybridized carbons (Fsp3) is 0.692. The summed E-state index contributed by atoms with van der Waals surface area (Å²) in [6.07, 6.45) is 7.44. The van der Waals surface area contributed by atoms with Crippen LogP contribution in [-0.4, -0.2) is 30.1 Å². The normalized spacial score (nSPS) is 27.1. The number of halogens is 1. The lowest BCUT2D eigenvalue weighted by atomic mass is 9.78. The maximum Gasteiger partial charge on any atom is 0.224 e. The van der Waals surface area contributed by atoms with Crippen molar-refractivity contribution in [3.05, 3.63) is 10.7 Å². The summed E-state index contributed by atoms with van der Waals surface area (Å²) in [6, 6.07) is 0. The molecule has 4 nitrogen and oxygen atoms in total. The first-order chi connectivity index (χ1) is 8.76. The number of hydrogen-bond donors (Lipinski definition) is 1. The minimum atomic E-state index is 0.698. The predicted octanol–water partition coefficient (Wildman–Crippen LogP) is 2.91. The zero-order chi connectivity index (χ0) is 12.5. The molecular weight excluding hydrogens is 292 g/mol. The van der Waals surface area contributed by atoms with E-state index in [4.69, 9.17) is 0 Å². The molecule has 1 saturated carbocycles. The summed E-state index contributed by atoms with van der Waals surface area (Å²) in [5, 5.41) is 3.01. The van der Waals surface area contributed by atoms with Gasteiger partial charge >= 0.3 is 0 Å². The van der Waals surface area contributed by atoms with E-state index in [1.807, 2.05) is 13.2 Å². The van der Waals surface area contributed by atoms with Crippen molar-refractivity contribution in [3.63, 3.8) is 0 Å². The van der Waals surface area contributed by atoms with Crippen molar-refractivity contribution in [1.29, 1.82) is 0 Å². The van der Waals surface area contributed by atoms with Crippen LogP contribution in [0.3, 0.4) is 0 Å². The lowest BCUT2D eigenvalue weighted by molar-refractivity contribution is 0.230. The van der Waals surface area contributed by atoms with Gasteiger partial charge in [-0.3, -0.25) is 0 Å². The Morgan fingerprint density at radius 2 is 2.06 bits per heavy atom. The molecule has 3 rings (SSSR count). The van der Waals surface area contributed by atoms with Gasteiger partial charge in [0.15, 0.2) is 0 Å². The lowest BCUT2D eigenvalue weighted by Gasteiger charge is -2.42. The van der Waals surface area contributed by atoms with E-state index in [0.29, 0.717) is 5.95 Å². The molecule has 0 aromatic carbocycles. The highest BCUT2D eigenvalue weighted by Gasteiger charge is 2.31. The van der Waals surface area contributed by atoms with Crippen molar-refractivity contribution in [2.75, 3.05) is 30.4 Å². The van der Waals surface area contributed by atoms with Gasteiger partial charge in [0, 0.05) is 26.3 Å². The van der Waals surface area contributed by atoms with E-state index in [9.17, 15) is 0 Å². The van der Waals surface area contributed by atoms with Gasteiger partial charge < -0.3 is 10.2 Å². The zero-order valence-corrected chi connectivity index (χ0v) is 12.3. The second kappa shape index (κ2) is 5.03. The van der Waals surface area contributed by atoms with Crippen molar-refractivity contribution in [3.8, 4) is 0 Å². The second-order valence-electron chi connectivity index (χ2n) is 5.42. The van der Waals surface area contributed by atoms with Crippen LogP contribution in [0.5, 0.6) is 0 Å². The minimum absolute atomic E-state index is 0.698. The molecule has 1 aliphatic carbocycles. The summed E-state index contributed by atoms with van der Waals surface area (Å²) in [6.45, 7) is 2.30. The van der Waals surface area contributed by atoms with Gasteiger partial charge in [0.2, 0.25) is 5.95 Å². The lowest BCUT2D eigenvalue weighted by Crippen LogP contribution is -2.43. The number of aromatic nitrogens is 2. The fourth-order valence-corrected chi connectivity index (χ4v) is 3.75. The van der Waals surface area contributed by atoms with Gasteiger partial charge in [0.25, 0.3) is 0 Å². The van der Waals surface area contributed by atoms with Crippen LogP contribution in [0.1, 0.15) is 25.7 Å². The number of nitrogens with zero attached hydrogens (tertiary/aromatic N) is 3.